The first-order valence-electron chi connectivity index (χ1n) is 10.7. The lowest BCUT2D eigenvalue weighted by Gasteiger charge is -2.30. The molecule has 1 aromatic heterocycles. The molecule has 29 heavy (non-hydrogen) atoms. The Balaban J connectivity index is 1.28. The summed E-state index contributed by atoms with van der Waals surface area (Å²) in [5.41, 5.74) is 4.50. The van der Waals surface area contributed by atoms with Crippen LogP contribution in [-0.2, 0) is 24.3 Å². The number of H-pyrrole nitrogens is 1. The average Bonchev–Trinajstić information content (AvgIpc) is 3.16. The van der Waals surface area contributed by atoms with E-state index in [1.54, 1.807) is 0 Å². The number of benzene rings is 2. The van der Waals surface area contributed by atoms with Crippen LogP contribution in [0.1, 0.15) is 43.1 Å². The van der Waals surface area contributed by atoms with Crippen molar-refractivity contribution in [3.63, 3.8) is 0 Å². The Bertz CT molecular complexity index is 923. The number of rotatable bonds is 7. The van der Waals surface area contributed by atoms with Crippen molar-refractivity contribution in [1.82, 2.24) is 20.2 Å². The summed E-state index contributed by atoms with van der Waals surface area (Å²) >= 11 is 0. The van der Waals surface area contributed by atoms with E-state index in [2.05, 4.69) is 51.4 Å². The first-order chi connectivity index (χ1) is 14.2. The van der Waals surface area contributed by atoms with Gasteiger partial charge < -0.3 is 10.3 Å². The fraction of sp³-hybridized carbons (Fsp3) is 0.417. The summed E-state index contributed by atoms with van der Waals surface area (Å²) in [7, 11) is 0. The lowest BCUT2D eigenvalue weighted by atomic mass is 9.98. The molecule has 1 fully saturated rings. The van der Waals surface area contributed by atoms with Crippen LogP contribution in [0.4, 0.5) is 0 Å². The summed E-state index contributed by atoms with van der Waals surface area (Å²) in [4.78, 5) is 22.7. The topological polar surface area (TPSA) is 61.0 Å². The van der Waals surface area contributed by atoms with Gasteiger partial charge in [0, 0.05) is 25.9 Å². The van der Waals surface area contributed by atoms with Gasteiger partial charge in [0.25, 0.3) is 0 Å². The van der Waals surface area contributed by atoms with Crippen molar-refractivity contribution in [2.45, 2.75) is 45.7 Å². The van der Waals surface area contributed by atoms with E-state index >= 15 is 0 Å². The number of aromatic amines is 1. The number of carbonyl (C=O) groups is 1. The maximum atomic E-state index is 12.4. The third-order valence-corrected chi connectivity index (χ3v) is 5.89. The summed E-state index contributed by atoms with van der Waals surface area (Å²) in [5.74, 6) is 1.76. The lowest BCUT2D eigenvalue weighted by Crippen LogP contribution is -2.33. The SMILES string of the molecule is CC1CCN(Cc2ccccc2CNC(=O)CCc2nc3ccccc3[nH]2)CC1. The summed E-state index contributed by atoms with van der Waals surface area (Å²) in [6, 6.07) is 16.4. The zero-order valence-electron chi connectivity index (χ0n) is 17.2. The number of piperidine rings is 1. The number of carbonyl (C=O) groups excluding carboxylic acids is 1. The monoisotopic (exact) mass is 390 g/mol. The van der Waals surface area contributed by atoms with Crippen LogP contribution in [0, 0.1) is 5.92 Å². The number of hydrogen-bond acceptors (Lipinski definition) is 3. The van der Waals surface area contributed by atoms with Gasteiger partial charge in [0.15, 0.2) is 0 Å². The highest BCUT2D eigenvalue weighted by Crippen LogP contribution is 2.19. The molecule has 1 amide bonds. The minimum Gasteiger partial charge on any atom is -0.352 e. The standard InChI is InChI=1S/C24H30N4O/c1-18-12-14-28(15-13-18)17-20-7-3-2-6-19(20)16-25-24(29)11-10-23-26-21-8-4-5-9-22(21)27-23/h2-9,18H,10-17H2,1H3,(H,25,29)(H,26,27). The van der Waals surface area contributed by atoms with Crippen molar-refractivity contribution >= 4 is 16.9 Å². The van der Waals surface area contributed by atoms with E-state index in [-0.39, 0.29) is 5.91 Å². The van der Waals surface area contributed by atoms with Crippen molar-refractivity contribution in [3.8, 4) is 0 Å². The van der Waals surface area contributed by atoms with E-state index in [1.807, 2.05) is 24.3 Å². The Kier molecular flexibility index (Phi) is 6.25. The molecule has 2 N–H and O–H groups in total. The average molecular weight is 391 g/mol. The van der Waals surface area contributed by atoms with Gasteiger partial charge in [0.2, 0.25) is 5.91 Å². The third kappa shape index (κ3) is 5.24. The molecule has 4 rings (SSSR count). The minimum absolute atomic E-state index is 0.0621. The molecule has 0 radical (unpaired) electrons. The molecule has 0 unspecified atom stereocenters. The van der Waals surface area contributed by atoms with Gasteiger partial charge in [-0.3, -0.25) is 9.69 Å². The number of aromatic nitrogens is 2. The second-order valence-electron chi connectivity index (χ2n) is 8.20. The first kappa shape index (κ1) is 19.6. The fourth-order valence-electron chi connectivity index (χ4n) is 3.98. The molecule has 2 heterocycles. The van der Waals surface area contributed by atoms with E-state index in [4.69, 9.17) is 0 Å². The molecule has 0 aliphatic carbocycles. The largest absolute Gasteiger partial charge is 0.352 e. The zero-order valence-corrected chi connectivity index (χ0v) is 17.2. The number of fused-ring (bicyclic) bond motifs is 1. The molecule has 1 aliphatic rings. The number of aryl methyl sites for hydroxylation is 1. The van der Waals surface area contributed by atoms with Gasteiger partial charge >= 0.3 is 0 Å². The minimum atomic E-state index is 0.0621. The van der Waals surface area contributed by atoms with Gasteiger partial charge in [-0.2, -0.15) is 0 Å². The Morgan fingerprint density at radius 3 is 2.62 bits per heavy atom. The predicted molar refractivity (Wildman–Crippen MR) is 116 cm³/mol. The highest BCUT2D eigenvalue weighted by molar-refractivity contribution is 5.77. The number of amides is 1. The van der Waals surface area contributed by atoms with Crippen LogP contribution in [0.25, 0.3) is 11.0 Å². The van der Waals surface area contributed by atoms with Crippen LogP contribution in [0.3, 0.4) is 0 Å². The van der Waals surface area contributed by atoms with Gasteiger partial charge in [-0.05, 0) is 55.1 Å². The lowest BCUT2D eigenvalue weighted by molar-refractivity contribution is -0.121. The number of imidazole rings is 1. The Hall–Kier alpha value is -2.66. The third-order valence-electron chi connectivity index (χ3n) is 5.89. The highest BCUT2D eigenvalue weighted by atomic mass is 16.1. The van der Waals surface area contributed by atoms with Crippen LogP contribution < -0.4 is 5.32 Å². The summed E-state index contributed by atoms with van der Waals surface area (Å²) in [6.07, 6.45) is 3.61. The number of nitrogens with one attached hydrogen (secondary N) is 2. The van der Waals surface area contributed by atoms with Gasteiger partial charge in [-0.15, -0.1) is 0 Å². The molecule has 3 aromatic rings. The number of nitrogens with zero attached hydrogens (tertiary/aromatic N) is 2. The van der Waals surface area contributed by atoms with Crippen molar-refractivity contribution in [2.24, 2.45) is 5.92 Å². The van der Waals surface area contributed by atoms with Crippen LogP contribution in [0.5, 0.6) is 0 Å². The van der Waals surface area contributed by atoms with Crippen LogP contribution in [0.15, 0.2) is 48.5 Å². The smallest absolute Gasteiger partial charge is 0.220 e. The molecule has 5 nitrogen and oxygen atoms in total. The molecule has 2 aromatic carbocycles. The van der Waals surface area contributed by atoms with Gasteiger partial charge in [-0.1, -0.05) is 43.3 Å². The molecule has 0 bridgehead atoms. The second-order valence-corrected chi connectivity index (χ2v) is 8.20. The zero-order chi connectivity index (χ0) is 20.1. The number of likely N-dealkylation sites (tertiary alicyclic amines) is 1. The summed E-state index contributed by atoms with van der Waals surface area (Å²) in [5, 5.41) is 3.09. The van der Waals surface area contributed by atoms with Crippen LogP contribution in [0.2, 0.25) is 0 Å². The van der Waals surface area contributed by atoms with Crippen molar-refractivity contribution < 1.29 is 4.79 Å². The Morgan fingerprint density at radius 2 is 1.83 bits per heavy atom. The van der Waals surface area contributed by atoms with E-state index in [0.717, 1.165) is 29.3 Å². The second kappa shape index (κ2) is 9.23. The molecule has 0 spiro atoms. The molecule has 0 saturated carbocycles. The molecule has 1 aliphatic heterocycles. The Labute approximate surface area is 172 Å². The summed E-state index contributed by atoms with van der Waals surface area (Å²) in [6.45, 7) is 6.22. The van der Waals surface area contributed by atoms with E-state index in [0.29, 0.717) is 19.4 Å². The molecule has 5 heteroatoms. The highest BCUT2D eigenvalue weighted by Gasteiger charge is 2.17. The maximum Gasteiger partial charge on any atom is 0.220 e. The van der Waals surface area contributed by atoms with Gasteiger partial charge in [0.05, 0.1) is 11.0 Å². The van der Waals surface area contributed by atoms with Crippen molar-refractivity contribution in [3.05, 3.63) is 65.5 Å². The first-order valence-corrected chi connectivity index (χ1v) is 10.7. The Morgan fingerprint density at radius 1 is 1.10 bits per heavy atom. The van der Waals surface area contributed by atoms with E-state index in [1.165, 1.54) is 37.1 Å². The van der Waals surface area contributed by atoms with Gasteiger partial charge in [-0.25, -0.2) is 4.98 Å². The molecule has 152 valence electrons. The molecule has 1 saturated heterocycles. The predicted octanol–water partition coefficient (Wildman–Crippen LogP) is 4.04. The van der Waals surface area contributed by atoms with Gasteiger partial charge in [0.1, 0.15) is 5.82 Å². The van der Waals surface area contributed by atoms with Crippen LogP contribution in [-0.4, -0.2) is 33.9 Å². The van der Waals surface area contributed by atoms with Crippen molar-refractivity contribution in [2.75, 3.05) is 13.1 Å². The number of hydrogen-bond donors (Lipinski definition) is 2. The number of para-hydroxylation sites is 2. The quantitative estimate of drug-likeness (QED) is 0.640. The maximum absolute atomic E-state index is 12.4. The van der Waals surface area contributed by atoms with E-state index < -0.39 is 0 Å². The molecular weight excluding hydrogens is 360 g/mol. The molecular formula is C24H30N4O. The normalized spacial score (nSPS) is 15.6. The van der Waals surface area contributed by atoms with Crippen LogP contribution >= 0.6 is 0 Å². The molecule has 0 atom stereocenters. The van der Waals surface area contributed by atoms with Crippen molar-refractivity contribution in [1.29, 1.82) is 0 Å². The fourth-order valence-corrected chi connectivity index (χ4v) is 3.98. The van der Waals surface area contributed by atoms with E-state index in [9.17, 15) is 4.79 Å². The summed E-state index contributed by atoms with van der Waals surface area (Å²) < 4.78 is 0.